The van der Waals surface area contributed by atoms with Gasteiger partial charge in [-0.1, -0.05) is 5.16 Å². The number of nitrogens with one attached hydrogen (secondary N) is 1. The maximum absolute atomic E-state index is 12.7. The Morgan fingerprint density at radius 3 is 2.76 bits per heavy atom. The van der Waals surface area contributed by atoms with E-state index in [4.69, 9.17) is 10.2 Å². The third-order valence-corrected chi connectivity index (χ3v) is 5.64. The topological polar surface area (TPSA) is 168 Å². The number of carbonyl (C=O) groups is 4. The summed E-state index contributed by atoms with van der Waals surface area (Å²) in [7, 11) is 0. The molecule has 0 bridgehead atoms. The first-order chi connectivity index (χ1) is 13.8. The number of carbonyl (C=O) groups excluding carboxylic acids is 2. The maximum atomic E-state index is 12.7. The third kappa shape index (κ3) is 4.48. The summed E-state index contributed by atoms with van der Waals surface area (Å²) < 4.78 is 4.65. The number of carboxylic acids is 1. The lowest BCUT2D eigenvalue weighted by molar-refractivity contribution is -0.148. The first-order valence-electron chi connectivity index (χ1n) is 8.00. The highest BCUT2D eigenvalue weighted by molar-refractivity contribution is 8.00. The van der Waals surface area contributed by atoms with Crippen LogP contribution < -0.4 is 5.32 Å². The van der Waals surface area contributed by atoms with Crippen molar-refractivity contribution in [3.8, 4) is 0 Å². The number of amides is 2. The van der Waals surface area contributed by atoms with Gasteiger partial charge in [-0.3, -0.25) is 14.5 Å². The molecule has 154 valence electrons. The molecule has 2 aliphatic heterocycles. The molecule has 1 aromatic rings. The molecule has 3 heterocycles. The van der Waals surface area contributed by atoms with Gasteiger partial charge in [-0.25, -0.2) is 14.6 Å². The lowest BCUT2D eigenvalue weighted by Gasteiger charge is -2.49. The summed E-state index contributed by atoms with van der Waals surface area (Å²) in [6.45, 7) is 1.03. The van der Waals surface area contributed by atoms with Crippen LogP contribution in [0, 0.1) is 0 Å². The molecule has 0 aliphatic carbocycles. The molecule has 0 saturated carbocycles. The quantitative estimate of drug-likeness (QED) is 0.231. The molecule has 0 aromatic carbocycles. The molecule has 12 nitrogen and oxygen atoms in total. The van der Waals surface area contributed by atoms with Gasteiger partial charge in [0.25, 0.3) is 11.8 Å². The van der Waals surface area contributed by atoms with Gasteiger partial charge in [-0.15, -0.1) is 23.1 Å². The van der Waals surface area contributed by atoms with Crippen LogP contribution in [0.15, 0.2) is 28.0 Å². The molecule has 14 heteroatoms. The predicted octanol–water partition coefficient (Wildman–Crippen LogP) is 0.273. The SMILES string of the molecule is CC1C=C(OC(=O)O)N2C(=O)C(NC(=O)C(=NOCC(=O)O)c3cscn3)[C@@H]2S1. The highest BCUT2D eigenvalue weighted by atomic mass is 32.2. The summed E-state index contributed by atoms with van der Waals surface area (Å²) in [5.41, 5.74) is 1.32. The standard InChI is InChI=1S/C15H14N4O8S2/c1-6-2-8(27-15(24)25)19-13(23)11(14(19)29-6)17-12(22)10(7-4-28-5-16-7)18-26-3-9(20)21/h2,4-6,11,14H,3H2,1H3,(H,17,22)(H,20,21)(H,24,25)/t6?,11?,14-/m0/s1. The van der Waals surface area contributed by atoms with Gasteiger partial charge in [-0.2, -0.15) is 0 Å². The summed E-state index contributed by atoms with van der Waals surface area (Å²) in [6.07, 6.45) is -0.0597. The first kappa shape index (κ1) is 20.6. The minimum absolute atomic E-state index is 0.109. The Labute approximate surface area is 171 Å². The van der Waals surface area contributed by atoms with Crippen LogP contribution in [0.25, 0.3) is 0 Å². The minimum atomic E-state index is -1.55. The zero-order valence-electron chi connectivity index (χ0n) is 14.7. The van der Waals surface area contributed by atoms with Gasteiger partial charge in [0.1, 0.15) is 17.1 Å². The van der Waals surface area contributed by atoms with Crippen LogP contribution in [-0.2, 0) is 24.0 Å². The monoisotopic (exact) mass is 442 g/mol. The average Bonchev–Trinajstić information content (AvgIpc) is 3.16. The second kappa shape index (κ2) is 8.48. The number of oxime groups is 1. The lowest BCUT2D eigenvalue weighted by atomic mass is 10.1. The van der Waals surface area contributed by atoms with E-state index in [0.717, 1.165) is 4.90 Å². The van der Waals surface area contributed by atoms with Crippen molar-refractivity contribution in [3.63, 3.8) is 0 Å². The van der Waals surface area contributed by atoms with Gasteiger partial charge in [0.2, 0.25) is 12.5 Å². The summed E-state index contributed by atoms with van der Waals surface area (Å²) >= 11 is 2.52. The van der Waals surface area contributed by atoms with Crippen LogP contribution >= 0.6 is 23.1 Å². The van der Waals surface area contributed by atoms with Gasteiger partial charge in [0.15, 0.2) is 5.71 Å². The number of thioether (sulfide) groups is 1. The van der Waals surface area contributed by atoms with Crippen LogP contribution in [0.2, 0.25) is 0 Å². The maximum Gasteiger partial charge on any atom is 0.512 e. The Hall–Kier alpha value is -3.13. The zero-order valence-corrected chi connectivity index (χ0v) is 16.3. The lowest BCUT2D eigenvalue weighted by Crippen LogP contribution is -2.70. The predicted molar refractivity (Wildman–Crippen MR) is 99.0 cm³/mol. The fraction of sp³-hybridized carbons (Fsp3) is 0.333. The number of aromatic nitrogens is 1. The number of hydrogen-bond acceptors (Lipinski definition) is 10. The molecule has 1 aromatic heterocycles. The van der Waals surface area contributed by atoms with Crippen LogP contribution in [0.4, 0.5) is 4.79 Å². The molecular weight excluding hydrogens is 428 g/mol. The van der Waals surface area contributed by atoms with Crippen molar-refractivity contribution in [2.45, 2.75) is 23.6 Å². The van der Waals surface area contributed by atoms with Crippen LogP contribution in [0.1, 0.15) is 12.6 Å². The Morgan fingerprint density at radius 2 is 2.14 bits per heavy atom. The number of β-lactam (4-membered cyclic amide) rings is 1. The van der Waals surface area contributed by atoms with E-state index in [1.54, 1.807) is 6.92 Å². The third-order valence-electron chi connectivity index (χ3n) is 3.72. The molecule has 1 fully saturated rings. The van der Waals surface area contributed by atoms with E-state index >= 15 is 0 Å². The first-order valence-corrected chi connectivity index (χ1v) is 9.88. The van der Waals surface area contributed by atoms with Crippen molar-refractivity contribution in [1.29, 1.82) is 0 Å². The highest BCUT2D eigenvalue weighted by Gasteiger charge is 2.54. The van der Waals surface area contributed by atoms with E-state index in [-0.39, 0.29) is 22.5 Å². The molecule has 1 saturated heterocycles. The number of nitrogens with zero attached hydrogens (tertiary/aromatic N) is 3. The van der Waals surface area contributed by atoms with Gasteiger partial charge in [0.05, 0.1) is 5.51 Å². The largest absolute Gasteiger partial charge is 0.512 e. The molecule has 3 rings (SSSR count). The molecule has 0 spiro atoms. The van der Waals surface area contributed by atoms with E-state index < -0.39 is 42.0 Å². The van der Waals surface area contributed by atoms with E-state index in [9.17, 15) is 19.2 Å². The Morgan fingerprint density at radius 1 is 1.38 bits per heavy atom. The van der Waals surface area contributed by atoms with Gasteiger partial charge >= 0.3 is 12.1 Å². The average molecular weight is 442 g/mol. The van der Waals surface area contributed by atoms with Crippen LogP contribution in [-0.4, -0.2) is 73.0 Å². The number of rotatable bonds is 7. The number of carboxylic acid groups (broad SMARTS) is 2. The number of hydrogen-bond donors (Lipinski definition) is 3. The second-order valence-corrected chi connectivity index (χ2v) is 7.96. The van der Waals surface area contributed by atoms with Crippen molar-refractivity contribution in [2.24, 2.45) is 5.16 Å². The Kier molecular flexibility index (Phi) is 6.03. The van der Waals surface area contributed by atoms with Crippen molar-refractivity contribution >= 4 is 52.7 Å². The number of ether oxygens (including phenoxy) is 1. The van der Waals surface area contributed by atoms with Gasteiger partial charge in [0, 0.05) is 10.6 Å². The van der Waals surface area contributed by atoms with Crippen molar-refractivity contribution in [3.05, 3.63) is 28.5 Å². The molecule has 3 N–H and O–H groups in total. The number of fused-ring (bicyclic) bond motifs is 1. The summed E-state index contributed by atoms with van der Waals surface area (Å²) in [6, 6.07) is -0.959. The molecule has 29 heavy (non-hydrogen) atoms. The second-order valence-electron chi connectivity index (χ2n) is 5.74. The number of thiazole rings is 1. The summed E-state index contributed by atoms with van der Waals surface area (Å²) in [4.78, 5) is 56.3. The van der Waals surface area contributed by atoms with Crippen molar-refractivity contribution in [1.82, 2.24) is 15.2 Å². The van der Waals surface area contributed by atoms with E-state index in [0.29, 0.717) is 0 Å². The van der Waals surface area contributed by atoms with E-state index in [1.807, 2.05) is 0 Å². The van der Waals surface area contributed by atoms with Gasteiger partial charge < -0.3 is 25.1 Å². The summed E-state index contributed by atoms with van der Waals surface area (Å²) in [5.74, 6) is -2.73. The summed E-state index contributed by atoms with van der Waals surface area (Å²) in [5, 5.41) is 24.3. The molecular formula is C15H14N4O8S2. The van der Waals surface area contributed by atoms with Crippen molar-refractivity contribution < 1.29 is 39.0 Å². The Bertz CT molecular complexity index is 900. The smallest absolute Gasteiger partial charge is 0.479 e. The fourth-order valence-electron chi connectivity index (χ4n) is 2.58. The van der Waals surface area contributed by atoms with E-state index in [2.05, 4.69) is 25.0 Å². The number of aliphatic carboxylic acids is 1. The molecule has 3 atom stereocenters. The van der Waals surface area contributed by atoms with E-state index in [1.165, 1.54) is 40.1 Å². The van der Waals surface area contributed by atoms with Crippen molar-refractivity contribution in [2.75, 3.05) is 6.61 Å². The highest BCUT2D eigenvalue weighted by Crippen LogP contribution is 2.41. The Balaban J connectivity index is 1.74. The molecule has 2 amide bonds. The van der Waals surface area contributed by atoms with Crippen LogP contribution in [0.3, 0.4) is 0 Å². The normalized spacial score (nSPS) is 23.4. The molecule has 2 aliphatic rings. The molecule has 2 unspecified atom stereocenters. The fourth-order valence-corrected chi connectivity index (χ4v) is 4.42. The zero-order chi connectivity index (χ0) is 21.1. The van der Waals surface area contributed by atoms with Crippen LogP contribution in [0.5, 0.6) is 0 Å². The molecule has 0 radical (unpaired) electrons. The van der Waals surface area contributed by atoms with Gasteiger partial charge in [-0.05, 0) is 13.0 Å². The minimum Gasteiger partial charge on any atom is -0.479 e.